The molecule has 144 valence electrons. The van der Waals surface area contributed by atoms with Crippen molar-refractivity contribution in [3.8, 4) is 11.5 Å². The number of unbranched alkanes of at least 4 members (excludes halogenated alkanes) is 2. The number of nitrogens with zero attached hydrogens (tertiary/aromatic N) is 1. The van der Waals surface area contributed by atoms with Gasteiger partial charge in [0.2, 0.25) is 0 Å². The minimum Gasteiger partial charge on any atom is -0.493 e. The number of rotatable bonds is 15. The predicted octanol–water partition coefficient (Wildman–Crippen LogP) is 4.48. The third-order valence-electron chi connectivity index (χ3n) is 4.34. The molecule has 0 spiro atoms. The van der Waals surface area contributed by atoms with Gasteiger partial charge in [-0.3, -0.25) is 0 Å². The van der Waals surface area contributed by atoms with Crippen LogP contribution in [0.4, 0.5) is 0 Å². The van der Waals surface area contributed by atoms with Gasteiger partial charge in [-0.2, -0.15) is 0 Å². The quantitative estimate of drug-likeness (QED) is 0.473. The SMILES string of the molecule is CCCCN(CCCC)CCCNCc1ccc(OCC)c(OC)c1. The van der Waals surface area contributed by atoms with Crippen molar-refractivity contribution in [2.75, 3.05) is 39.9 Å². The molecule has 0 aromatic heterocycles. The standard InChI is InChI=1S/C21H38N2O2/c1-5-8-14-23(15-9-6-2)16-10-13-22-18-19-11-12-20(25-7-3)21(17-19)24-4/h11-12,17,22H,5-10,13-16,18H2,1-4H3. The molecule has 0 atom stereocenters. The van der Waals surface area contributed by atoms with Gasteiger partial charge in [0.25, 0.3) is 0 Å². The van der Waals surface area contributed by atoms with Crippen LogP contribution in [-0.4, -0.2) is 44.8 Å². The van der Waals surface area contributed by atoms with Crippen molar-refractivity contribution in [3.63, 3.8) is 0 Å². The molecule has 0 aliphatic rings. The number of nitrogens with one attached hydrogen (secondary N) is 1. The van der Waals surface area contributed by atoms with Crippen LogP contribution in [0.2, 0.25) is 0 Å². The second kappa shape index (κ2) is 14.0. The van der Waals surface area contributed by atoms with E-state index in [1.807, 2.05) is 13.0 Å². The van der Waals surface area contributed by atoms with Crippen LogP contribution in [0.1, 0.15) is 58.4 Å². The molecule has 1 aromatic carbocycles. The van der Waals surface area contributed by atoms with Crippen LogP contribution >= 0.6 is 0 Å². The molecule has 1 N–H and O–H groups in total. The molecule has 0 bridgehead atoms. The number of ether oxygens (including phenoxy) is 2. The van der Waals surface area contributed by atoms with Gasteiger partial charge in [-0.25, -0.2) is 0 Å². The summed E-state index contributed by atoms with van der Waals surface area (Å²) in [6.45, 7) is 12.8. The van der Waals surface area contributed by atoms with Crippen molar-refractivity contribution in [2.24, 2.45) is 0 Å². The number of hydrogen-bond acceptors (Lipinski definition) is 4. The second-order valence-electron chi connectivity index (χ2n) is 6.50. The molecule has 25 heavy (non-hydrogen) atoms. The Morgan fingerprint density at radius 2 is 1.60 bits per heavy atom. The third kappa shape index (κ3) is 9.13. The van der Waals surface area contributed by atoms with Gasteiger partial charge < -0.3 is 19.7 Å². The van der Waals surface area contributed by atoms with Crippen molar-refractivity contribution in [1.82, 2.24) is 10.2 Å². The van der Waals surface area contributed by atoms with Gasteiger partial charge in [0, 0.05) is 6.54 Å². The van der Waals surface area contributed by atoms with Crippen LogP contribution in [0.3, 0.4) is 0 Å². The Morgan fingerprint density at radius 1 is 0.920 bits per heavy atom. The van der Waals surface area contributed by atoms with Crippen molar-refractivity contribution in [2.45, 2.75) is 59.4 Å². The van der Waals surface area contributed by atoms with Gasteiger partial charge >= 0.3 is 0 Å². The van der Waals surface area contributed by atoms with Crippen LogP contribution < -0.4 is 14.8 Å². The van der Waals surface area contributed by atoms with E-state index in [1.165, 1.54) is 57.3 Å². The normalized spacial score (nSPS) is 11.1. The average molecular weight is 351 g/mol. The molecule has 1 rings (SSSR count). The molecule has 0 unspecified atom stereocenters. The molecular weight excluding hydrogens is 312 g/mol. The van der Waals surface area contributed by atoms with Gasteiger partial charge in [0.05, 0.1) is 13.7 Å². The van der Waals surface area contributed by atoms with E-state index in [9.17, 15) is 0 Å². The van der Waals surface area contributed by atoms with Crippen LogP contribution in [0.5, 0.6) is 11.5 Å². The summed E-state index contributed by atoms with van der Waals surface area (Å²) in [7, 11) is 1.69. The summed E-state index contributed by atoms with van der Waals surface area (Å²) in [5, 5.41) is 3.55. The Labute approximate surface area is 154 Å². The van der Waals surface area contributed by atoms with E-state index >= 15 is 0 Å². The minimum atomic E-state index is 0.653. The molecule has 4 heteroatoms. The van der Waals surface area contributed by atoms with Gasteiger partial charge in [0.15, 0.2) is 11.5 Å². The van der Waals surface area contributed by atoms with E-state index in [2.05, 4.69) is 36.2 Å². The Morgan fingerprint density at radius 3 is 2.20 bits per heavy atom. The molecule has 0 radical (unpaired) electrons. The minimum absolute atomic E-state index is 0.653. The maximum Gasteiger partial charge on any atom is 0.161 e. The zero-order valence-electron chi connectivity index (χ0n) is 16.8. The molecular formula is C21H38N2O2. The van der Waals surface area contributed by atoms with E-state index in [4.69, 9.17) is 9.47 Å². The summed E-state index contributed by atoms with van der Waals surface area (Å²) in [6.07, 6.45) is 6.37. The lowest BCUT2D eigenvalue weighted by Crippen LogP contribution is -2.29. The smallest absolute Gasteiger partial charge is 0.161 e. The topological polar surface area (TPSA) is 33.7 Å². The highest BCUT2D eigenvalue weighted by Crippen LogP contribution is 2.27. The van der Waals surface area contributed by atoms with E-state index in [1.54, 1.807) is 7.11 Å². The maximum atomic E-state index is 5.57. The van der Waals surface area contributed by atoms with Crippen LogP contribution in [0, 0.1) is 0 Å². The van der Waals surface area contributed by atoms with Crippen molar-refractivity contribution in [1.29, 1.82) is 0 Å². The van der Waals surface area contributed by atoms with Gasteiger partial charge in [-0.15, -0.1) is 0 Å². The van der Waals surface area contributed by atoms with Crippen LogP contribution in [0.25, 0.3) is 0 Å². The first-order valence-electron chi connectivity index (χ1n) is 9.97. The van der Waals surface area contributed by atoms with Crippen molar-refractivity contribution >= 4 is 0 Å². The molecule has 0 fully saturated rings. The largest absolute Gasteiger partial charge is 0.493 e. The molecule has 0 saturated carbocycles. The Kier molecular flexibility index (Phi) is 12.2. The number of benzene rings is 1. The van der Waals surface area contributed by atoms with Crippen molar-refractivity contribution < 1.29 is 9.47 Å². The first-order chi connectivity index (χ1) is 12.2. The van der Waals surface area contributed by atoms with E-state index < -0.39 is 0 Å². The van der Waals surface area contributed by atoms with Gasteiger partial charge in [0.1, 0.15) is 0 Å². The summed E-state index contributed by atoms with van der Waals surface area (Å²) >= 11 is 0. The maximum absolute atomic E-state index is 5.57. The molecule has 0 heterocycles. The number of methoxy groups -OCH3 is 1. The van der Waals surface area contributed by atoms with Gasteiger partial charge in [-0.1, -0.05) is 32.8 Å². The highest BCUT2D eigenvalue weighted by Gasteiger charge is 2.06. The van der Waals surface area contributed by atoms with Gasteiger partial charge in [-0.05, 0) is 70.1 Å². The predicted molar refractivity (Wildman–Crippen MR) is 107 cm³/mol. The fraction of sp³-hybridized carbons (Fsp3) is 0.714. The third-order valence-corrected chi connectivity index (χ3v) is 4.34. The molecule has 4 nitrogen and oxygen atoms in total. The summed E-state index contributed by atoms with van der Waals surface area (Å²) in [5.74, 6) is 1.63. The molecule has 0 saturated heterocycles. The van der Waals surface area contributed by atoms with E-state index in [0.717, 1.165) is 24.6 Å². The monoisotopic (exact) mass is 350 g/mol. The zero-order valence-corrected chi connectivity index (χ0v) is 16.8. The average Bonchev–Trinajstić information content (AvgIpc) is 2.64. The van der Waals surface area contributed by atoms with Crippen LogP contribution in [-0.2, 0) is 6.54 Å². The highest BCUT2D eigenvalue weighted by atomic mass is 16.5. The summed E-state index contributed by atoms with van der Waals surface area (Å²) in [4.78, 5) is 2.62. The zero-order chi connectivity index (χ0) is 18.3. The molecule has 0 aliphatic carbocycles. The fourth-order valence-electron chi connectivity index (χ4n) is 2.86. The Bertz CT molecular complexity index is 444. The lowest BCUT2D eigenvalue weighted by Gasteiger charge is -2.22. The molecule has 0 amide bonds. The lowest BCUT2D eigenvalue weighted by molar-refractivity contribution is 0.261. The number of hydrogen-bond donors (Lipinski definition) is 1. The van der Waals surface area contributed by atoms with Crippen molar-refractivity contribution in [3.05, 3.63) is 23.8 Å². The first kappa shape index (κ1) is 21.8. The Balaban J connectivity index is 2.31. The van der Waals surface area contributed by atoms with Crippen LogP contribution in [0.15, 0.2) is 18.2 Å². The van der Waals surface area contributed by atoms with E-state index in [-0.39, 0.29) is 0 Å². The second-order valence-corrected chi connectivity index (χ2v) is 6.50. The summed E-state index contributed by atoms with van der Waals surface area (Å²) < 4.78 is 11.0. The Hall–Kier alpha value is -1.26. The summed E-state index contributed by atoms with van der Waals surface area (Å²) in [5.41, 5.74) is 1.23. The molecule has 1 aromatic rings. The highest BCUT2D eigenvalue weighted by molar-refractivity contribution is 5.42. The lowest BCUT2D eigenvalue weighted by atomic mass is 10.2. The summed E-state index contributed by atoms with van der Waals surface area (Å²) in [6, 6.07) is 6.17. The fourth-order valence-corrected chi connectivity index (χ4v) is 2.86. The first-order valence-corrected chi connectivity index (χ1v) is 9.97. The van der Waals surface area contributed by atoms with E-state index in [0.29, 0.717) is 6.61 Å². The molecule has 0 aliphatic heterocycles.